The molecule has 2 nitrogen and oxygen atoms in total. The molecule has 2 aromatic carbocycles. The Morgan fingerprint density at radius 3 is 2.47 bits per heavy atom. The Morgan fingerprint density at radius 2 is 1.82 bits per heavy atom. The molecule has 0 aliphatic carbocycles. The van der Waals surface area contributed by atoms with Crippen LogP contribution < -0.4 is 5.73 Å². The van der Waals surface area contributed by atoms with Gasteiger partial charge in [0.2, 0.25) is 0 Å². The molecular formula is C14H15NOS. The van der Waals surface area contributed by atoms with E-state index in [0.29, 0.717) is 5.75 Å². The van der Waals surface area contributed by atoms with Gasteiger partial charge >= 0.3 is 0 Å². The summed E-state index contributed by atoms with van der Waals surface area (Å²) in [6.45, 7) is 2.03. The lowest BCUT2D eigenvalue weighted by Gasteiger charge is -2.06. The zero-order valence-corrected chi connectivity index (χ0v) is 10.5. The summed E-state index contributed by atoms with van der Waals surface area (Å²) >= 11 is 1.71. The van der Waals surface area contributed by atoms with E-state index in [2.05, 4.69) is 12.1 Å². The second-order valence-electron chi connectivity index (χ2n) is 4.00. The number of hydrogen-bond acceptors (Lipinski definition) is 3. The Kier molecular flexibility index (Phi) is 3.59. The molecule has 0 unspecified atom stereocenters. The van der Waals surface area contributed by atoms with E-state index in [-0.39, 0.29) is 0 Å². The van der Waals surface area contributed by atoms with E-state index >= 15 is 0 Å². The highest BCUT2D eigenvalue weighted by Gasteiger charge is 2.01. The molecule has 0 radical (unpaired) electrons. The number of aromatic hydroxyl groups is 1. The van der Waals surface area contributed by atoms with Crippen LogP contribution in [0.2, 0.25) is 0 Å². The van der Waals surface area contributed by atoms with Crippen molar-refractivity contribution in [1.29, 1.82) is 0 Å². The van der Waals surface area contributed by atoms with E-state index in [9.17, 15) is 5.11 Å². The summed E-state index contributed by atoms with van der Waals surface area (Å²) in [5, 5.41) is 9.19. The maximum Gasteiger partial charge on any atom is 0.115 e. The Bertz CT molecular complexity index is 508. The monoisotopic (exact) mass is 245 g/mol. The average Bonchev–Trinajstić information content (AvgIpc) is 2.30. The van der Waals surface area contributed by atoms with E-state index in [4.69, 9.17) is 5.73 Å². The van der Waals surface area contributed by atoms with Crippen LogP contribution in [0, 0.1) is 6.92 Å². The molecule has 2 aromatic rings. The highest BCUT2D eigenvalue weighted by Crippen LogP contribution is 2.29. The van der Waals surface area contributed by atoms with Crippen molar-refractivity contribution in [3.63, 3.8) is 0 Å². The van der Waals surface area contributed by atoms with Gasteiger partial charge in [-0.25, -0.2) is 0 Å². The number of aryl methyl sites for hydroxylation is 1. The standard InChI is InChI=1S/C14H15NOS/c1-10-2-7-14(13(15)8-10)17-9-11-3-5-12(16)6-4-11/h2-8,16H,9,15H2,1H3. The molecule has 88 valence electrons. The first-order valence-corrected chi connectivity index (χ1v) is 6.40. The number of phenolic OH excluding ortho intramolecular Hbond substituents is 1. The van der Waals surface area contributed by atoms with Gasteiger partial charge in [-0.05, 0) is 42.3 Å². The van der Waals surface area contributed by atoms with Crippen LogP contribution in [0.25, 0.3) is 0 Å². The first kappa shape index (κ1) is 11.9. The molecule has 0 atom stereocenters. The van der Waals surface area contributed by atoms with Crippen LogP contribution in [0.5, 0.6) is 5.75 Å². The third-order valence-electron chi connectivity index (χ3n) is 2.50. The minimum Gasteiger partial charge on any atom is -0.508 e. The largest absolute Gasteiger partial charge is 0.508 e. The van der Waals surface area contributed by atoms with Gasteiger partial charge in [-0.1, -0.05) is 18.2 Å². The number of rotatable bonds is 3. The molecule has 3 heteroatoms. The van der Waals surface area contributed by atoms with E-state index in [0.717, 1.165) is 16.3 Å². The van der Waals surface area contributed by atoms with Gasteiger partial charge in [-0.2, -0.15) is 0 Å². The number of thioether (sulfide) groups is 1. The second-order valence-corrected chi connectivity index (χ2v) is 5.01. The van der Waals surface area contributed by atoms with E-state index in [1.165, 1.54) is 11.1 Å². The molecule has 0 aromatic heterocycles. The van der Waals surface area contributed by atoms with Gasteiger partial charge < -0.3 is 10.8 Å². The van der Waals surface area contributed by atoms with Gasteiger partial charge in [-0.15, -0.1) is 11.8 Å². The van der Waals surface area contributed by atoms with Gasteiger partial charge in [0.15, 0.2) is 0 Å². The average molecular weight is 245 g/mol. The number of nitrogen functional groups attached to an aromatic ring is 1. The van der Waals surface area contributed by atoms with Crippen LogP contribution in [0.1, 0.15) is 11.1 Å². The van der Waals surface area contributed by atoms with Crippen molar-refractivity contribution in [2.24, 2.45) is 0 Å². The van der Waals surface area contributed by atoms with Crippen LogP contribution in [-0.4, -0.2) is 5.11 Å². The quantitative estimate of drug-likeness (QED) is 0.642. The Hall–Kier alpha value is -1.61. The maximum atomic E-state index is 9.19. The summed E-state index contributed by atoms with van der Waals surface area (Å²) in [4.78, 5) is 1.10. The summed E-state index contributed by atoms with van der Waals surface area (Å²) in [6.07, 6.45) is 0. The summed E-state index contributed by atoms with van der Waals surface area (Å²) < 4.78 is 0. The van der Waals surface area contributed by atoms with Crippen LogP contribution in [0.15, 0.2) is 47.4 Å². The summed E-state index contributed by atoms with van der Waals surface area (Å²) in [5.41, 5.74) is 9.13. The SMILES string of the molecule is Cc1ccc(SCc2ccc(O)cc2)c(N)c1. The van der Waals surface area contributed by atoms with E-state index in [1.807, 2.05) is 25.1 Å². The molecule has 0 amide bonds. The Balaban J connectivity index is 2.04. The minimum absolute atomic E-state index is 0.300. The molecule has 3 N–H and O–H groups in total. The predicted molar refractivity (Wildman–Crippen MR) is 73.3 cm³/mol. The smallest absolute Gasteiger partial charge is 0.115 e. The zero-order valence-electron chi connectivity index (χ0n) is 9.68. The normalized spacial score (nSPS) is 10.4. The molecular weight excluding hydrogens is 230 g/mol. The molecule has 0 aliphatic heterocycles. The van der Waals surface area contributed by atoms with Crippen molar-refractivity contribution in [3.05, 3.63) is 53.6 Å². The summed E-state index contributed by atoms with van der Waals surface area (Å²) in [6, 6.07) is 13.4. The van der Waals surface area contributed by atoms with Gasteiger partial charge in [0.1, 0.15) is 5.75 Å². The van der Waals surface area contributed by atoms with Crippen LogP contribution >= 0.6 is 11.8 Å². The fourth-order valence-electron chi connectivity index (χ4n) is 1.55. The van der Waals surface area contributed by atoms with Crippen LogP contribution in [0.4, 0.5) is 5.69 Å². The highest BCUT2D eigenvalue weighted by molar-refractivity contribution is 7.98. The van der Waals surface area contributed by atoms with Gasteiger partial charge in [0, 0.05) is 16.3 Å². The first-order valence-electron chi connectivity index (χ1n) is 5.42. The van der Waals surface area contributed by atoms with Crippen molar-refractivity contribution in [3.8, 4) is 5.75 Å². The Morgan fingerprint density at radius 1 is 1.12 bits per heavy atom. The number of benzene rings is 2. The van der Waals surface area contributed by atoms with Crippen LogP contribution in [0.3, 0.4) is 0 Å². The molecule has 0 aliphatic rings. The summed E-state index contributed by atoms with van der Waals surface area (Å²) in [5.74, 6) is 1.15. The molecule has 0 bridgehead atoms. The topological polar surface area (TPSA) is 46.2 Å². The van der Waals surface area contributed by atoms with Crippen LogP contribution in [-0.2, 0) is 5.75 Å². The van der Waals surface area contributed by atoms with Crippen molar-refractivity contribution in [2.45, 2.75) is 17.6 Å². The zero-order chi connectivity index (χ0) is 12.3. The molecule has 0 heterocycles. The lowest BCUT2D eigenvalue weighted by Crippen LogP contribution is -1.89. The van der Waals surface area contributed by atoms with E-state index in [1.54, 1.807) is 23.9 Å². The van der Waals surface area contributed by atoms with Gasteiger partial charge in [0.25, 0.3) is 0 Å². The highest BCUT2D eigenvalue weighted by atomic mass is 32.2. The van der Waals surface area contributed by atoms with Crippen molar-refractivity contribution in [2.75, 3.05) is 5.73 Å². The number of phenols is 1. The number of nitrogens with two attached hydrogens (primary N) is 1. The number of anilines is 1. The van der Waals surface area contributed by atoms with Gasteiger partial charge in [0.05, 0.1) is 0 Å². The third-order valence-corrected chi connectivity index (χ3v) is 3.66. The lowest BCUT2D eigenvalue weighted by molar-refractivity contribution is 0.475. The lowest BCUT2D eigenvalue weighted by atomic mass is 10.2. The Labute approximate surface area is 105 Å². The van der Waals surface area contributed by atoms with Gasteiger partial charge in [-0.3, -0.25) is 0 Å². The van der Waals surface area contributed by atoms with Crippen molar-refractivity contribution in [1.82, 2.24) is 0 Å². The molecule has 0 saturated carbocycles. The fourth-order valence-corrected chi connectivity index (χ4v) is 2.46. The second kappa shape index (κ2) is 5.15. The fraction of sp³-hybridized carbons (Fsp3) is 0.143. The third kappa shape index (κ3) is 3.17. The molecule has 2 rings (SSSR count). The predicted octanol–water partition coefficient (Wildman–Crippen LogP) is 3.58. The molecule has 17 heavy (non-hydrogen) atoms. The first-order chi connectivity index (χ1) is 8.15. The molecule has 0 spiro atoms. The summed E-state index contributed by atoms with van der Waals surface area (Å²) in [7, 11) is 0. The number of hydrogen-bond donors (Lipinski definition) is 2. The molecule has 0 fully saturated rings. The van der Waals surface area contributed by atoms with E-state index < -0.39 is 0 Å². The maximum absolute atomic E-state index is 9.19. The minimum atomic E-state index is 0.300. The molecule has 0 saturated heterocycles. The van der Waals surface area contributed by atoms with Crippen molar-refractivity contribution < 1.29 is 5.11 Å². The van der Waals surface area contributed by atoms with Crippen molar-refractivity contribution >= 4 is 17.4 Å².